The molecule has 0 spiro atoms. The van der Waals surface area contributed by atoms with Crippen molar-refractivity contribution in [3.05, 3.63) is 0 Å². The summed E-state index contributed by atoms with van der Waals surface area (Å²) in [6, 6.07) is 0. The number of rotatable bonds is 7. The van der Waals surface area contributed by atoms with E-state index in [1.807, 2.05) is 0 Å². The Morgan fingerprint density at radius 3 is 2.61 bits per heavy atom. The number of hydrogen-bond donors (Lipinski definition) is 2. The van der Waals surface area contributed by atoms with Crippen LogP contribution in [0.2, 0.25) is 0 Å². The molecule has 4 nitrogen and oxygen atoms in total. The number of carbonyl (C=O) groups is 1. The van der Waals surface area contributed by atoms with Crippen LogP contribution in [0.15, 0.2) is 0 Å². The third-order valence-electron chi connectivity index (χ3n) is 3.73. The quantitative estimate of drug-likeness (QED) is 0.726. The molecule has 1 amide bonds. The van der Waals surface area contributed by atoms with Crippen molar-refractivity contribution >= 4 is 5.91 Å². The van der Waals surface area contributed by atoms with Gasteiger partial charge in [0.05, 0.1) is 12.7 Å². The zero-order valence-electron chi connectivity index (χ0n) is 12.0. The van der Waals surface area contributed by atoms with Gasteiger partial charge in [0.15, 0.2) is 0 Å². The molecule has 0 bridgehead atoms. The van der Waals surface area contributed by atoms with Crippen molar-refractivity contribution < 1.29 is 9.53 Å². The Bertz CT molecular complexity index is 238. The predicted molar refractivity (Wildman–Crippen MR) is 73.5 cm³/mol. The molecule has 4 heteroatoms. The highest BCUT2D eigenvalue weighted by molar-refractivity contribution is 5.75. The number of nitrogens with one attached hydrogen (secondary N) is 2. The fourth-order valence-electron chi connectivity index (χ4n) is 1.88. The van der Waals surface area contributed by atoms with Crippen LogP contribution in [0.5, 0.6) is 0 Å². The van der Waals surface area contributed by atoms with E-state index in [4.69, 9.17) is 4.74 Å². The van der Waals surface area contributed by atoms with Crippen LogP contribution >= 0.6 is 0 Å². The van der Waals surface area contributed by atoms with Crippen LogP contribution in [0.4, 0.5) is 0 Å². The lowest BCUT2D eigenvalue weighted by Crippen LogP contribution is -2.34. The third-order valence-corrected chi connectivity index (χ3v) is 3.73. The van der Waals surface area contributed by atoms with Gasteiger partial charge in [-0.25, -0.2) is 0 Å². The van der Waals surface area contributed by atoms with Gasteiger partial charge in [-0.3, -0.25) is 4.79 Å². The number of carbonyl (C=O) groups excluding carboxylic acids is 1. The molecule has 0 aliphatic carbocycles. The first-order valence-electron chi connectivity index (χ1n) is 7.18. The Kier molecular flexibility index (Phi) is 7.28. The molecule has 0 aromatic rings. The van der Waals surface area contributed by atoms with Gasteiger partial charge in [-0.2, -0.15) is 0 Å². The second-order valence-corrected chi connectivity index (χ2v) is 5.60. The maximum Gasteiger partial charge on any atom is 0.222 e. The normalized spacial score (nSPS) is 18.9. The molecular formula is C14H28N2O2. The van der Waals surface area contributed by atoms with Crippen LogP contribution in [0.25, 0.3) is 0 Å². The molecule has 1 aliphatic rings. The first kappa shape index (κ1) is 15.4. The van der Waals surface area contributed by atoms with E-state index in [9.17, 15) is 4.79 Å². The second-order valence-electron chi connectivity index (χ2n) is 5.60. The van der Waals surface area contributed by atoms with Crippen LogP contribution < -0.4 is 10.6 Å². The van der Waals surface area contributed by atoms with Crippen molar-refractivity contribution in [2.24, 2.45) is 11.8 Å². The van der Waals surface area contributed by atoms with Gasteiger partial charge >= 0.3 is 0 Å². The van der Waals surface area contributed by atoms with Gasteiger partial charge in [-0.1, -0.05) is 20.8 Å². The summed E-state index contributed by atoms with van der Waals surface area (Å²) in [6.07, 6.45) is 2.95. The number of piperidine rings is 1. The molecular weight excluding hydrogens is 228 g/mol. The first-order valence-corrected chi connectivity index (χ1v) is 7.18. The molecule has 0 aromatic carbocycles. The minimum absolute atomic E-state index is 0.108. The van der Waals surface area contributed by atoms with Crippen LogP contribution in [-0.4, -0.2) is 38.3 Å². The summed E-state index contributed by atoms with van der Waals surface area (Å²) in [4.78, 5) is 11.6. The molecule has 0 saturated carbocycles. The summed E-state index contributed by atoms with van der Waals surface area (Å²) >= 11 is 0. The minimum Gasteiger partial charge on any atom is -0.378 e. The number of ether oxygens (including phenoxy) is 1. The van der Waals surface area contributed by atoms with Gasteiger partial charge in [0, 0.05) is 13.0 Å². The van der Waals surface area contributed by atoms with Gasteiger partial charge in [0.1, 0.15) is 0 Å². The van der Waals surface area contributed by atoms with E-state index in [1.165, 1.54) is 0 Å². The standard InChI is InChI=1S/C14H28N2O2/c1-11(2)12(3)10-16-14(17)6-9-18-13-4-7-15-8-5-13/h11-13,15H,4-10H2,1-3H3,(H,16,17). The highest BCUT2D eigenvalue weighted by Crippen LogP contribution is 2.08. The van der Waals surface area contributed by atoms with Gasteiger partial charge in [-0.05, 0) is 37.8 Å². The minimum atomic E-state index is 0.108. The number of hydrogen-bond acceptors (Lipinski definition) is 3. The van der Waals surface area contributed by atoms with Gasteiger partial charge in [0.25, 0.3) is 0 Å². The van der Waals surface area contributed by atoms with E-state index < -0.39 is 0 Å². The summed E-state index contributed by atoms with van der Waals surface area (Å²) in [7, 11) is 0. The first-order chi connectivity index (χ1) is 8.59. The third kappa shape index (κ3) is 6.36. The van der Waals surface area contributed by atoms with Crippen molar-refractivity contribution in [3.8, 4) is 0 Å². The maximum absolute atomic E-state index is 11.6. The maximum atomic E-state index is 11.6. The molecule has 1 unspecified atom stereocenters. The van der Waals surface area contributed by atoms with Gasteiger partial charge in [0.2, 0.25) is 5.91 Å². The van der Waals surface area contributed by atoms with Crippen molar-refractivity contribution in [2.75, 3.05) is 26.2 Å². The average molecular weight is 256 g/mol. The molecule has 18 heavy (non-hydrogen) atoms. The van der Waals surface area contributed by atoms with Gasteiger partial charge in [-0.15, -0.1) is 0 Å². The Morgan fingerprint density at radius 2 is 2.00 bits per heavy atom. The predicted octanol–water partition coefficient (Wildman–Crippen LogP) is 1.55. The van der Waals surface area contributed by atoms with Crippen molar-refractivity contribution in [1.29, 1.82) is 0 Å². The Morgan fingerprint density at radius 1 is 1.33 bits per heavy atom. The molecule has 1 fully saturated rings. The topological polar surface area (TPSA) is 50.4 Å². The SMILES string of the molecule is CC(C)C(C)CNC(=O)CCOC1CCNCC1. The van der Waals surface area contributed by atoms with E-state index in [2.05, 4.69) is 31.4 Å². The summed E-state index contributed by atoms with van der Waals surface area (Å²) in [5, 5.41) is 6.27. The van der Waals surface area contributed by atoms with Crippen LogP contribution in [0, 0.1) is 11.8 Å². The lowest BCUT2D eigenvalue weighted by Gasteiger charge is -2.23. The second kappa shape index (κ2) is 8.48. The smallest absolute Gasteiger partial charge is 0.222 e. The Labute approximate surface area is 111 Å². The number of amides is 1. The van der Waals surface area contributed by atoms with E-state index in [0.717, 1.165) is 32.5 Å². The summed E-state index contributed by atoms with van der Waals surface area (Å²) in [5.41, 5.74) is 0. The summed E-state index contributed by atoms with van der Waals surface area (Å²) in [5.74, 6) is 1.24. The van der Waals surface area contributed by atoms with Gasteiger partial charge < -0.3 is 15.4 Å². The highest BCUT2D eigenvalue weighted by atomic mass is 16.5. The summed E-state index contributed by atoms with van der Waals surface area (Å²) in [6.45, 7) is 9.90. The lowest BCUT2D eigenvalue weighted by atomic mass is 9.98. The van der Waals surface area contributed by atoms with Crippen LogP contribution in [0.1, 0.15) is 40.0 Å². The zero-order chi connectivity index (χ0) is 13.4. The van der Waals surface area contributed by atoms with Crippen molar-refractivity contribution in [3.63, 3.8) is 0 Å². The molecule has 1 saturated heterocycles. The van der Waals surface area contributed by atoms with E-state index in [1.54, 1.807) is 0 Å². The largest absolute Gasteiger partial charge is 0.378 e. The average Bonchev–Trinajstić information content (AvgIpc) is 2.37. The Balaban J connectivity index is 2.02. The lowest BCUT2D eigenvalue weighted by molar-refractivity contribution is -0.123. The molecule has 2 N–H and O–H groups in total. The van der Waals surface area contributed by atoms with E-state index in [0.29, 0.717) is 31.0 Å². The molecule has 1 heterocycles. The Hall–Kier alpha value is -0.610. The van der Waals surface area contributed by atoms with Crippen molar-refractivity contribution in [1.82, 2.24) is 10.6 Å². The molecule has 1 aliphatic heterocycles. The molecule has 1 rings (SSSR count). The highest BCUT2D eigenvalue weighted by Gasteiger charge is 2.14. The molecule has 1 atom stereocenters. The summed E-state index contributed by atoms with van der Waals surface area (Å²) < 4.78 is 5.71. The zero-order valence-corrected chi connectivity index (χ0v) is 12.0. The fourth-order valence-corrected chi connectivity index (χ4v) is 1.88. The molecule has 0 aromatic heterocycles. The molecule has 0 radical (unpaired) electrons. The fraction of sp³-hybridized carbons (Fsp3) is 0.929. The van der Waals surface area contributed by atoms with Crippen LogP contribution in [0.3, 0.4) is 0 Å². The van der Waals surface area contributed by atoms with Crippen LogP contribution in [-0.2, 0) is 9.53 Å². The van der Waals surface area contributed by atoms with E-state index in [-0.39, 0.29) is 5.91 Å². The monoisotopic (exact) mass is 256 g/mol. The molecule has 106 valence electrons. The van der Waals surface area contributed by atoms with Crippen molar-refractivity contribution in [2.45, 2.75) is 46.1 Å². The van der Waals surface area contributed by atoms with E-state index >= 15 is 0 Å².